The number of hydrogen-bond acceptors (Lipinski definition) is 13. The number of hydroxylamine groups is 2. The summed E-state index contributed by atoms with van der Waals surface area (Å²) in [4.78, 5) is 42.2. The number of ether oxygens (including phenoxy) is 1. The molecule has 1 atom stereocenters. The van der Waals surface area contributed by atoms with E-state index in [4.69, 9.17) is 36.3 Å². The number of hydrogen-bond donors (Lipinski definition) is 4. The first-order valence-corrected chi connectivity index (χ1v) is 17.5. The van der Waals surface area contributed by atoms with Crippen LogP contribution in [0.1, 0.15) is 62.8 Å². The van der Waals surface area contributed by atoms with E-state index in [9.17, 15) is 18.0 Å². The van der Waals surface area contributed by atoms with Crippen molar-refractivity contribution in [2.24, 2.45) is 27.5 Å². The second-order valence-corrected chi connectivity index (χ2v) is 14.2. The van der Waals surface area contributed by atoms with Crippen LogP contribution in [0.4, 0.5) is 5.13 Å². The molecule has 7 N–H and O–H groups in total. The maximum absolute atomic E-state index is 13.3. The molecule has 18 heteroatoms. The summed E-state index contributed by atoms with van der Waals surface area (Å²) in [5, 5.41) is 6.25. The van der Waals surface area contributed by atoms with Gasteiger partial charge < -0.3 is 31.7 Å². The summed E-state index contributed by atoms with van der Waals surface area (Å²) in [6, 6.07) is 6.37. The van der Waals surface area contributed by atoms with Gasteiger partial charge in [-0.3, -0.25) is 14.1 Å². The average molecular weight is 693 g/mol. The monoisotopic (exact) mass is 692 g/mol. The lowest BCUT2D eigenvalue weighted by molar-refractivity contribution is -0.228. The fourth-order valence-corrected chi connectivity index (χ4v) is 6.91. The summed E-state index contributed by atoms with van der Waals surface area (Å²) < 4.78 is 41.4. The second kappa shape index (κ2) is 14.1. The first-order chi connectivity index (χ1) is 22.2. The molecular formula is C29H40N8O8S2. The van der Waals surface area contributed by atoms with Crippen molar-refractivity contribution in [3.8, 4) is 5.75 Å². The van der Waals surface area contributed by atoms with Crippen LogP contribution in [0.3, 0.4) is 0 Å². The van der Waals surface area contributed by atoms with Gasteiger partial charge in [0.25, 0.3) is 5.91 Å². The van der Waals surface area contributed by atoms with Crippen LogP contribution in [-0.4, -0.2) is 88.7 Å². The zero-order chi connectivity index (χ0) is 33.9. The number of nitrogens with two attached hydrogens (primary N) is 3. The number of carbonyl (C=O) groups is 2. The first-order valence-electron chi connectivity index (χ1n) is 15.2. The highest BCUT2D eigenvalue weighted by Gasteiger charge is 2.57. The topological polar surface area (TPSA) is 238 Å². The number of amides is 1. The molecule has 1 amide bonds. The second-order valence-electron chi connectivity index (χ2n) is 12.3. The number of oxime groups is 1. The summed E-state index contributed by atoms with van der Waals surface area (Å²) in [6.07, 6.45) is 4.34. The van der Waals surface area contributed by atoms with Gasteiger partial charge in [-0.2, -0.15) is 13.5 Å². The largest absolute Gasteiger partial charge is 0.490 e. The number of Topliss-reactive ketones (excluding diaryl/α,β-unsaturated/α-hetero) is 1. The molecule has 2 aliphatic heterocycles. The van der Waals surface area contributed by atoms with Crippen LogP contribution in [0.5, 0.6) is 5.75 Å². The molecule has 1 aromatic heterocycles. The Morgan fingerprint density at radius 1 is 1.19 bits per heavy atom. The molecule has 5 rings (SSSR count). The Kier molecular flexibility index (Phi) is 10.4. The number of ketones is 1. The van der Waals surface area contributed by atoms with Gasteiger partial charge in [-0.15, -0.1) is 15.6 Å². The molecule has 0 radical (unpaired) electrons. The van der Waals surface area contributed by atoms with E-state index in [1.54, 1.807) is 0 Å². The van der Waals surface area contributed by atoms with E-state index in [1.807, 2.05) is 18.2 Å². The molecule has 0 bridgehead atoms. The molecule has 3 aliphatic rings. The maximum atomic E-state index is 13.3. The highest BCUT2D eigenvalue weighted by atomic mass is 32.3. The molecule has 16 nitrogen and oxygen atoms in total. The van der Waals surface area contributed by atoms with Crippen molar-refractivity contribution in [1.29, 1.82) is 0 Å². The standard InChI is InChI=1S/C29H40N8O8S2/c1-29(2)22(26(39)37(29)45-47(40,41)42)14-24(38)25(23-16-46-28(32)34-23)35-44-12-11-43-21-8-3-18-15-36(10-9-17(18)13-21)27(31)33-20-6-4-19(30)5-7-20/h3,8,13,16,19-20,22H,4-7,9-12,14-15,30H2,1-2H3,(H2,31,33)(H2,32,34)(H,40,41,42)/b35-25-/t19?,20?,22-/m1/s1. The Labute approximate surface area is 276 Å². The molecule has 0 spiro atoms. The van der Waals surface area contributed by atoms with Crippen LogP contribution >= 0.6 is 11.3 Å². The molecule has 256 valence electrons. The third-order valence-corrected chi connectivity index (χ3v) is 9.64. The van der Waals surface area contributed by atoms with Crippen LogP contribution in [0.25, 0.3) is 0 Å². The number of rotatable bonds is 12. The first kappa shape index (κ1) is 34.5. The molecule has 1 saturated carbocycles. The summed E-state index contributed by atoms with van der Waals surface area (Å²) in [5.74, 6) is -1.07. The van der Waals surface area contributed by atoms with E-state index in [2.05, 4.69) is 19.3 Å². The van der Waals surface area contributed by atoms with Gasteiger partial charge in [-0.1, -0.05) is 11.2 Å². The molecule has 3 heterocycles. The lowest BCUT2D eigenvalue weighted by Gasteiger charge is -2.50. The smallest absolute Gasteiger partial charge is 0.418 e. The van der Waals surface area contributed by atoms with E-state index >= 15 is 0 Å². The number of benzene rings is 1. The third kappa shape index (κ3) is 8.36. The van der Waals surface area contributed by atoms with Gasteiger partial charge in [0.15, 0.2) is 29.2 Å². The van der Waals surface area contributed by atoms with Crippen molar-refractivity contribution in [1.82, 2.24) is 14.9 Å². The Balaban J connectivity index is 1.14. The third-order valence-electron chi connectivity index (χ3n) is 8.63. The number of aliphatic imine (C=N–C) groups is 1. The minimum Gasteiger partial charge on any atom is -0.490 e. The van der Waals surface area contributed by atoms with Crippen molar-refractivity contribution in [3.63, 3.8) is 0 Å². The van der Waals surface area contributed by atoms with Crippen LogP contribution in [0.2, 0.25) is 0 Å². The molecule has 1 saturated heterocycles. The SMILES string of the molecule is CC1(C)[C@H](CC(=O)/C(=N\OCCOc2ccc3c(c2)CCN(C(N)=NC2CCC(N)CC2)C3)c2csc(N)n2)C(=O)N1OS(=O)(=O)O. The van der Waals surface area contributed by atoms with Gasteiger partial charge in [0, 0.05) is 30.9 Å². The minimum absolute atomic E-state index is 0.00413. The Hall–Kier alpha value is -3.84. The fourth-order valence-electron chi connectivity index (χ4n) is 5.91. The van der Waals surface area contributed by atoms with Gasteiger partial charge in [0.2, 0.25) is 0 Å². The number of carbonyl (C=O) groups excluding carboxylic acids is 2. The summed E-state index contributed by atoms with van der Waals surface area (Å²) in [7, 11) is -4.92. The number of β-lactam (4-membered cyclic amide) rings is 1. The predicted molar refractivity (Wildman–Crippen MR) is 174 cm³/mol. The lowest BCUT2D eigenvalue weighted by atomic mass is 9.74. The van der Waals surface area contributed by atoms with Crippen LogP contribution in [0, 0.1) is 5.92 Å². The van der Waals surface area contributed by atoms with Gasteiger partial charge in [0.05, 0.1) is 17.5 Å². The minimum atomic E-state index is -4.92. The molecular weight excluding hydrogens is 653 g/mol. The predicted octanol–water partition coefficient (Wildman–Crippen LogP) is 1.40. The van der Waals surface area contributed by atoms with Crippen LogP contribution in [-0.2, 0) is 42.1 Å². The van der Waals surface area contributed by atoms with Crippen molar-refractivity contribution in [3.05, 3.63) is 40.4 Å². The van der Waals surface area contributed by atoms with Gasteiger partial charge in [0.1, 0.15) is 18.1 Å². The maximum Gasteiger partial charge on any atom is 0.418 e. The number of thiazole rings is 1. The van der Waals surface area contributed by atoms with E-state index in [0.717, 1.165) is 61.1 Å². The molecule has 1 aliphatic carbocycles. The van der Waals surface area contributed by atoms with Crippen molar-refractivity contribution >= 4 is 50.2 Å². The van der Waals surface area contributed by atoms with Crippen molar-refractivity contribution in [2.45, 2.75) is 76.5 Å². The summed E-state index contributed by atoms with van der Waals surface area (Å²) >= 11 is 1.10. The highest BCUT2D eigenvalue weighted by molar-refractivity contribution is 7.80. The Bertz CT molecular complexity index is 1650. The van der Waals surface area contributed by atoms with E-state index < -0.39 is 33.5 Å². The number of nitrogen functional groups attached to an aromatic ring is 1. The van der Waals surface area contributed by atoms with Gasteiger partial charge in [-0.05, 0) is 69.2 Å². The lowest BCUT2D eigenvalue weighted by Crippen LogP contribution is -2.68. The highest BCUT2D eigenvalue weighted by Crippen LogP contribution is 2.40. The van der Waals surface area contributed by atoms with Gasteiger partial charge in [-0.25, -0.2) is 9.98 Å². The van der Waals surface area contributed by atoms with Crippen LogP contribution < -0.4 is 21.9 Å². The fraction of sp³-hybridized carbons (Fsp3) is 0.552. The molecule has 2 fully saturated rings. The Morgan fingerprint density at radius 2 is 1.94 bits per heavy atom. The number of aromatic nitrogens is 1. The van der Waals surface area contributed by atoms with Crippen molar-refractivity contribution < 1.29 is 36.4 Å². The van der Waals surface area contributed by atoms with E-state index in [0.29, 0.717) is 23.3 Å². The molecule has 1 aromatic carbocycles. The molecule has 2 aromatic rings. The Morgan fingerprint density at radius 3 is 2.60 bits per heavy atom. The van der Waals surface area contributed by atoms with Gasteiger partial charge >= 0.3 is 10.4 Å². The summed E-state index contributed by atoms with van der Waals surface area (Å²) in [6.45, 7) is 4.56. The zero-order valence-corrected chi connectivity index (χ0v) is 27.8. The number of fused-ring (bicyclic) bond motifs is 1. The van der Waals surface area contributed by atoms with Crippen molar-refractivity contribution in [2.75, 3.05) is 25.5 Å². The van der Waals surface area contributed by atoms with E-state index in [-0.39, 0.29) is 48.3 Å². The number of guanidine groups is 1. The molecule has 47 heavy (non-hydrogen) atoms. The summed E-state index contributed by atoms with van der Waals surface area (Å²) in [5.41, 5.74) is 19.3. The molecule has 0 unspecified atom stereocenters. The van der Waals surface area contributed by atoms with E-state index in [1.165, 1.54) is 19.2 Å². The number of nitrogens with zero attached hydrogens (tertiary/aromatic N) is 5. The zero-order valence-electron chi connectivity index (χ0n) is 26.2. The normalized spacial score (nSPS) is 23.2. The van der Waals surface area contributed by atoms with Crippen LogP contribution in [0.15, 0.2) is 33.7 Å². The quantitative estimate of drug-likeness (QED) is 0.0615. The average Bonchev–Trinajstić information content (AvgIpc) is 3.46. The number of anilines is 1.